The van der Waals surface area contributed by atoms with Crippen LogP contribution in [0.25, 0.3) is 0 Å². The van der Waals surface area contributed by atoms with E-state index in [-0.39, 0.29) is 11.9 Å². The highest BCUT2D eigenvalue weighted by atomic mass is 16.3. The van der Waals surface area contributed by atoms with Crippen LogP contribution in [0.4, 0.5) is 0 Å². The summed E-state index contributed by atoms with van der Waals surface area (Å²) in [5.74, 6) is 0.239. The minimum absolute atomic E-state index is 0.0695. The third-order valence-corrected chi connectivity index (χ3v) is 4.23. The Bertz CT molecular complexity index is 281. The highest BCUT2D eigenvalue weighted by Crippen LogP contribution is 2.27. The van der Waals surface area contributed by atoms with E-state index in [2.05, 4.69) is 4.90 Å². The van der Waals surface area contributed by atoms with Gasteiger partial charge in [-0.2, -0.15) is 0 Å². The lowest BCUT2D eigenvalue weighted by Gasteiger charge is -2.49. The summed E-state index contributed by atoms with van der Waals surface area (Å²) >= 11 is 0. The topological polar surface area (TPSA) is 43.8 Å². The van der Waals surface area contributed by atoms with E-state index in [9.17, 15) is 9.90 Å². The lowest BCUT2D eigenvalue weighted by Crippen LogP contribution is -2.66. The molecule has 4 heteroatoms. The second-order valence-corrected chi connectivity index (χ2v) is 5.54. The number of aliphatic hydroxyl groups is 1. The smallest absolute Gasteiger partial charge is 0.239 e. The van der Waals surface area contributed by atoms with Crippen LogP contribution in [0.15, 0.2) is 0 Å². The number of piperidine rings is 1. The molecule has 98 valence electrons. The van der Waals surface area contributed by atoms with Gasteiger partial charge in [0.15, 0.2) is 0 Å². The Morgan fingerprint density at radius 1 is 1.29 bits per heavy atom. The molecule has 0 aromatic carbocycles. The average Bonchev–Trinajstić information content (AvgIpc) is 2.34. The van der Waals surface area contributed by atoms with Crippen LogP contribution in [-0.2, 0) is 4.79 Å². The maximum absolute atomic E-state index is 12.2. The minimum atomic E-state index is -0.545. The van der Waals surface area contributed by atoms with Crippen molar-refractivity contribution in [1.29, 1.82) is 0 Å². The first-order valence-corrected chi connectivity index (χ1v) is 6.81. The molecular formula is C13H24N2O2. The SMILES string of the molecule is CCC1(O)CN(C(C)C(=O)N2CCCCC2)C1. The lowest BCUT2D eigenvalue weighted by molar-refractivity contribution is -0.152. The second-order valence-electron chi connectivity index (χ2n) is 5.54. The largest absolute Gasteiger partial charge is 0.387 e. The van der Waals surface area contributed by atoms with E-state index >= 15 is 0 Å². The van der Waals surface area contributed by atoms with Crippen molar-refractivity contribution in [2.75, 3.05) is 26.2 Å². The summed E-state index contributed by atoms with van der Waals surface area (Å²) in [6.45, 7) is 7.07. The third-order valence-electron chi connectivity index (χ3n) is 4.23. The summed E-state index contributed by atoms with van der Waals surface area (Å²) in [6.07, 6.45) is 4.29. The molecule has 2 saturated heterocycles. The molecule has 2 aliphatic rings. The number of nitrogens with zero attached hydrogens (tertiary/aromatic N) is 2. The zero-order chi connectivity index (χ0) is 12.5. The molecule has 1 N–H and O–H groups in total. The van der Waals surface area contributed by atoms with Crippen LogP contribution in [-0.4, -0.2) is 58.6 Å². The average molecular weight is 240 g/mol. The molecular weight excluding hydrogens is 216 g/mol. The molecule has 0 aliphatic carbocycles. The summed E-state index contributed by atoms with van der Waals surface area (Å²) in [7, 11) is 0. The van der Waals surface area contributed by atoms with Crippen molar-refractivity contribution in [3.05, 3.63) is 0 Å². The van der Waals surface area contributed by atoms with E-state index in [1.165, 1.54) is 6.42 Å². The van der Waals surface area contributed by atoms with Crippen LogP contribution >= 0.6 is 0 Å². The van der Waals surface area contributed by atoms with Gasteiger partial charge in [0, 0.05) is 26.2 Å². The standard InChI is InChI=1S/C13H24N2O2/c1-3-13(17)9-15(10-13)11(2)12(16)14-7-5-4-6-8-14/h11,17H,3-10H2,1-2H3. The van der Waals surface area contributed by atoms with Crippen LogP contribution in [0.2, 0.25) is 0 Å². The maximum Gasteiger partial charge on any atom is 0.239 e. The molecule has 0 spiro atoms. The van der Waals surface area contributed by atoms with E-state index in [0.29, 0.717) is 13.1 Å². The molecule has 0 bridgehead atoms. The number of hydrogen-bond acceptors (Lipinski definition) is 3. The number of likely N-dealkylation sites (tertiary alicyclic amines) is 2. The molecule has 0 radical (unpaired) electrons. The van der Waals surface area contributed by atoms with Gasteiger partial charge in [0.25, 0.3) is 0 Å². The van der Waals surface area contributed by atoms with Gasteiger partial charge in [-0.05, 0) is 32.6 Å². The summed E-state index contributed by atoms with van der Waals surface area (Å²) < 4.78 is 0. The van der Waals surface area contributed by atoms with Crippen LogP contribution in [0.1, 0.15) is 39.5 Å². The molecule has 2 heterocycles. The van der Waals surface area contributed by atoms with Crippen LogP contribution in [0, 0.1) is 0 Å². The summed E-state index contributed by atoms with van der Waals surface area (Å²) in [5.41, 5.74) is -0.545. The van der Waals surface area contributed by atoms with Gasteiger partial charge in [-0.25, -0.2) is 0 Å². The number of rotatable bonds is 3. The number of β-amino-alcohol motifs (C(OH)–C–C–N with tert-alkyl or cyclic N) is 1. The molecule has 4 nitrogen and oxygen atoms in total. The van der Waals surface area contributed by atoms with Crippen LogP contribution in [0.5, 0.6) is 0 Å². The van der Waals surface area contributed by atoms with Crippen molar-refractivity contribution in [1.82, 2.24) is 9.80 Å². The number of carbonyl (C=O) groups excluding carboxylic acids is 1. The quantitative estimate of drug-likeness (QED) is 0.795. The van der Waals surface area contributed by atoms with Crippen LogP contribution < -0.4 is 0 Å². The maximum atomic E-state index is 12.2. The van der Waals surface area contributed by atoms with Crippen molar-refractivity contribution in [3.63, 3.8) is 0 Å². The molecule has 0 aromatic rings. The van der Waals surface area contributed by atoms with Gasteiger partial charge in [0.2, 0.25) is 5.91 Å². The van der Waals surface area contributed by atoms with Gasteiger partial charge in [0.1, 0.15) is 0 Å². The predicted octanol–water partition coefficient (Wildman–Crippen LogP) is 0.844. The molecule has 1 unspecified atom stereocenters. The van der Waals surface area contributed by atoms with Gasteiger partial charge in [-0.3, -0.25) is 9.69 Å². The Morgan fingerprint density at radius 2 is 1.88 bits per heavy atom. The Kier molecular flexibility index (Phi) is 3.73. The molecule has 2 rings (SSSR count). The molecule has 1 amide bonds. The summed E-state index contributed by atoms with van der Waals surface area (Å²) in [5, 5.41) is 9.96. The monoisotopic (exact) mass is 240 g/mol. The van der Waals surface area contributed by atoms with E-state index in [4.69, 9.17) is 0 Å². The first-order valence-electron chi connectivity index (χ1n) is 6.81. The van der Waals surface area contributed by atoms with E-state index in [1.54, 1.807) is 0 Å². The van der Waals surface area contributed by atoms with Crippen molar-refractivity contribution < 1.29 is 9.90 Å². The van der Waals surface area contributed by atoms with E-state index in [1.807, 2.05) is 18.7 Å². The van der Waals surface area contributed by atoms with Crippen LogP contribution in [0.3, 0.4) is 0 Å². The first-order chi connectivity index (χ1) is 8.06. The Morgan fingerprint density at radius 3 is 2.41 bits per heavy atom. The van der Waals surface area contributed by atoms with Gasteiger partial charge in [-0.15, -0.1) is 0 Å². The fraction of sp³-hybridized carbons (Fsp3) is 0.923. The van der Waals surface area contributed by atoms with Crippen molar-refractivity contribution in [2.45, 2.75) is 51.2 Å². The van der Waals surface area contributed by atoms with E-state index in [0.717, 1.165) is 32.4 Å². The highest BCUT2D eigenvalue weighted by molar-refractivity contribution is 5.81. The summed E-state index contributed by atoms with van der Waals surface area (Å²) in [4.78, 5) is 16.3. The fourth-order valence-corrected chi connectivity index (χ4v) is 2.74. The Labute approximate surface area is 104 Å². The Balaban J connectivity index is 1.84. The minimum Gasteiger partial charge on any atom is -0.387 e. The fourth-order valence-electron chi connectivity index (χ4n) is 2.74. The predicted molar refractivity (Wildman–Crippen MR) is 66.7 cm³/mol. The first kappa shape index (κ1) is 12.8. The van der Waals surface area contributed by atoms with Gasteiger partial charge < -0.3 is 10.0 Å². The summed E-state index contributed by atoms with van der Waals surface area (Å²) in [6, 6.07) is -0.0695. The number of hydrogen-bond donors (Lipinski definition) is 1. The van der Waals surface area contributed by atoms with Crippen molar-refractivity contribution in [3.8, 4) is 0 Å². The highest BCUT2D eigenvalue weighted by Gasteiger charge is 2.43. The zero-order valence-electron chi connectivity index (χ0n) is 11.0. The number of carbonyl (C=O) groups is 1. The zero-order valence-corrected chi connectivity index (χ0v) is 11.0. The molecule has 0 saturated carbocycles. The molecule has 2 aliphatic heterocycles. The van der Waals surface area contributed by atoms with Crippen molar-refractivity contribution >= 4 is 5.91 Å². The van der Waals surface area contributed by atoms with Crippen molar-refractivity contribution in [2.24, 2.45) is 0 Å². The van der Waals surface area contributed by atoms with Gasteiger partial charge in [0.05, 0.1) is 11.6 Å². The molecule has 17 heavy (non-hydrogen) atoms. The molecule has 0 aromatic heterocycles. The lowest BCUT2D eigenvalue weighted by atomic mass is 9.89. The van der Waals surface area contributed by atoms with E-state index < -0.39 is 5.60 Å². The van der Waals surface area contributed by atoms with Gasteiger partial charge in [-0.1, -0.05) is 6.92 Å². The third kappa shape index (κ3) is 2.63. The molecule has 1 atom stereocenters. The molecule has 2 fully saturated rings. The normalized spacial score (nSPS) is 26.4. The Hall–Kier alpha value is -0.610. The second kappa shape index (κ2) is 4.94. The number of amides is 1. The van der Waals surface area contributed by atoms with Gasteiger partial charge >= 0.3 is 0 Å².